The maximum absolute atomic E-state index is 10.3. The normalized spacial score (nSPS) is 28.6. The molecule has 3 nitrogen and oxygen atoms in total. The van der Waals surface area contributed by atoms with Crippen molar-refractivity contribution in [3.63, 3.8) is 0 Å². The fourth-order valence-corrected chi connectivity index (χ4v) is 2.97. The minimum Gasteiger partial charge on any atom is -0.490 e. The summed E-state index contributed by atoms with van der Waals surface area (Å²) in [5.41, 5.74) is 2.11. The van der Waals surface area contributed by atoms with Crippen LogP contribution in [0.15, 0.2) is 18.2 Å². The largest absolute Gasteiger partial charge is 0.490 e. The lowest BCUT2D eigenvalue weighted by atomic mass is 9.86. The molecular weight excluding hydrogens is 228 g/mol. The van der Waals surface area contributed by atoms with E-state index in [1.165, 1.54) is 5.56 Å². The van der Waals surface area contributed by atoms with Gasteiger partial charge in [0.25, 0.3) is 0 Å². The summed E-state index contributed by atoms with van der Waals surface area (Å²) in [6.45, 7) is 3.68. The molecule has 1 fully saturated rings. The van der Waals surface area contributed by atoms with Crippen LogP contribution in [-0.2, 0) is 4.74 Å². The average Bonchev–Trinajstić information content (AvgIpc) is 2.40. The summed E-state index contributed by atoms with van der Waals surface area (Å²) in [4.78, 5) is 0. The van der Waals surface area contributed by atoms with Crippen LogP contribution < -0.4 is 4.74 Å². The number of rotatable bonds is 1. The van der Waals surface area contributed by atoms with Crippen molar-refractivity contribution in [1.29, 1.82) is 0 Å². The zero-order valence-corrected chi connectivity index (χ0v) is 10.8. The quantitative estimate of drug-likeness (QED) is 0.830. The van der Waals surface area contributed by atoms with Gasteiger partial charge >= 0.3 is 0 Å². The summed E-state index contributed by atoms with van der Waals surface area (Å²) in [6.07, 6.45) is 2.54. The van der Waals surface area contributed by atoms with Crippen molar-refractivity contribution in [2.75, 3.05) is 13.2 Å². The van der Waals surface area contributed by atoms with Crippen molar-refractivity contribution in [1.82, 2.24) is 0 Å². The minimum atomic E-state index is -0.388. The fraction of sp³-hybridized carbons (Fsp3) is 0.600. The van der Waals surface area contributed by atoms with Crippen LogP contribution in [0.4, 0.5) is 0 Å². The summed E-state index contributed by atoms with van der Waals surface area (Å²) >= 11 is 0. The van der Waals surface area contributed by atoms with Gasteiger partial charge in [-0.3, -0.25) is 0 Å². The standard InChI is InChI=1S/C15H20O3/c1-10-2-3-14-12(8-10)13(16)9-15(18-14)11-4-6-17-7-5-11/h2-3,8,11,13,15-16H,4-7,9H2,1H3. The van der Waals surface area contributed by atoms with E-state index < -0.39 is 0 Å². The maximum Gasteiger partial charge on any atom is 0.125 e. The van der Waals surface area contributed by atoms with E-state index in [0.29, 0.717) is 12.3 Å². The molecule has 1 saturated heterocycles. The van der Waals surface area contributed by atoms with Gasteiger partial charge < -0.3 is 14.6 Å². The van der Waals surface area contributed by atoms with Gasteiger partial charge in [0.15, 0.2) is 0 Å². The molecule has 0 spiro atoms. The van der Waals surface area contributed by atoms with E-state index in [-0.39, 0.29) is 12.2 Å². The van der Waals surface area contributed by atoms with Gasteiger partial charge in [0.1, 0.15) is 11.9 Å². The van der Waals surface area contributed by atoms with Crippen LogP contribution in [0.25, 0.3) is 0 Å². The number of aliphatic hydroxyl groups is 1. The highest BCUT2D eigenvalue weighted by molar-refractivity contribution is 5.40. The Morgan fingerprint density at radius 3 is 2.78 bits per heavy atom. The molecule has 1 aromatic carbocycles. The fourth-order valence-electron chi connectivity index (χ4n) is 2.97. The lowest BCUT2D eigenvalue weighted by molar-refractivity contribution is -0.0150. The summed E-state index contributed by atoms with van der Waals surface area (Å²) in [5, 5.41) is 10.3. The van der Waals surface area contributed by atoms with E-state index in [2.05, 4.69) is 0 Å². The minimum absolute atomic E-state index is 0.138. The second kappa shape index (κ2) is 4.90. The highest BCUT2D eigenvalue weighted by atomic mass is 16.5. The topological polar surface area (TPSA) is 38.7 Å². The van der Waals surface area contributed by atoms with Crippen molar-refractivity contribution in [2.45, 2.75) is 38.4 Å². The van der Waals surface area contributed by atoms with E-state index in [0.717, 1.165) is 37.4 Å². The predicted octanol–water partition coefficient (Wildman–Crippen LogP) is 2.61. The van der Waals surface area contributed by atoms with E-state index in [9.17, 15) is 5.11 Å². The number of hydrogen-bond acceptors (Lipinski definition) is 3. The smallest absolute Gasteiger partial charge is 0.125 e. The van der Waals surface area contributed by atoms with Gasteiger partial charge in [0.2, 0.25) is 0 Å². The number of aliphatic hydroxyl groups excluding tert-OH is 1. The van der Waals surface area contributed by atoms with Gasteiger partial charge in [-0.1, -0.05) is 11.6 Å². The Labute approximate surface area is 108 Å². The number of hydrogen-bond donors (Lipinski definition) is 1. The Morgan fingerprint density at radius 1 is 1.22 bits per heavy atom. The van der Waals surface area contributed by atoms with Crippen LogP contribution in [0.5, 0.6) is 5.75 Å². The van der Waals surface area contributed by atoms with Crippen LogP contribution in [0.1, 0.15) is 36.5 Å². The van der Waals surface area contributed by atoms with Crippen molar-refractivity contribution >= 4 is 0 Å². The predicted molar refractivity (Wildman–Crippen MR) is 68.7 cm³/mol. The van der Waals surface area contributed by atoms with Gasteiger partial charge in [-0.15, -0.1) is 0 Å². The molecule has 0 aliphatic carbocycles. The van der Waals surface area contributed by atoms with Crippen LogP contribution >= 0.6 is 0 Å². The van der Waals surface area contributed by atoms with Crippen molar-refractivity contribution < 1.29 is 14.6 Å². The van der Waals surface area contributed by atoms with Crippen molar-refractivity contribution in [3.8, 4) is 5.75 Å². The van der Waals surface area contributed by atoms with Crippen LogP contribution in [0.3, 0.4) is 0 Å². The molecule has 0 radical (unpaired) electrons. The maximum atomic E-state index is 10.3. The number of benzene rings is 1. The molecule has 1 N–H and O–H groups in total. The van der Waals surface area contributed by atoms with Gasteiger partial charge in [0, 0.05) is 31.1 Å². The molecular formula is C15H20O3. The summed E-state index contributed by atoms with van der Waals surface area (Å²) in [7, 11) is 0. The Morgan fingerprint density at radius 2 is 2.00 bits per heavy atom. The van der Waals surface area contributed by atoms with E-state index in [4.69, 9.17) is 9.47 Å². The zero-order valence-electron chi connectivity index (χ0n) is 10.8. The van der Waals surface area contributed by atoms with Gasteiger partial charge in [0.05, 0.1) is 6.10 Å². The Hall–Kier alpha value is -1.06. The number of fused-ring (bicyclic) bond motifs is 1. The third-order valence-electron chi connectivity index (χ3n) is 4.05. The molecule has 18 heavy (non-hydrogen) atoms. The van der Waals surface area contributed by atoms with Gasteiger partial charge in [-0.05, 0) is 31.9 Å². The number of aryl methyl sites for hydroxylation is 1. The zero-order chi connectivity index (χ0) is 12.5. The molecule has 0 amide bonds. The molecule has 2 atom stereocenters. The molecule has 2 heterocycles. The highest BCUT2D eigenvalue weighted by Gasteiger charge is 2.33. The molecule has 0 bridgehead atoms. The second-order valence-corrected chi connectivity index (χ2v) is 5.40. The molecule has 3 rings (SSSR count). The molecule has 3 heteroatoms. The van der Waals surface area contributed by atoms with E-state index in [1.54, 1.807) is 0 Å². The third-order valence-corrected chi connectivity index (χ3v) is 4.05. The lowest BCUT2D eigenvalue weighted by Gasteiger charge is -2.36. The number of ether oxygens (including phenoxy) is 2. The van der Waals surface area contributed by atoms with Crippen LogP contribution in [0, 0.1) is 12.8 Å². The molecule has 0 saturated carbocycles. The molecule has 98 valence electrons. The summed E-state index contributed by atoms with van der Waals surface area (Å²) < 4.78 is 11.5. The SMILES string of the molecule is Cc1ccc2c(c1)C(O)CC(C1CCOCC1)O2. The molecule has 2 unspecified atom stereocenters. The van der Waals surface area contributed by atoms with Crippen LogP contribution in [-0.4, -0.2) is 24.4 Å². The first kappa shape index (κ1) is 12.0. The van der Waals surface area contributed by atoms with Crippen LogP contribution in [0.2, 0.25) is 0 Å². The monoisotopic (exact) mass is 248 g/mol. The second-order valence-electron chi connectivity index (χ2n) is 5.40. The van der Waals surface area contributed by atoms with E-state index in [1.807, 2.05) is 25.1 Å². The Bertz CT molecular complexity index is 424. The van der Waals surface area contributed by atoms with Gasteiger partial charge in [-0.25, -0.2) is 0 Å². The van der Waals surface area contributed by atoms with Crippen molar-refractivity contribution in [2.24, 2.45) is 5.92 Å². The molecule has 0 aromatic heterocycles. The van der Waals surface area contributed by atoms with Crippen molar-refractivity contribution in [3.05, 3.63) is 29.3 Å². The Kier molecular flexibility index (Phi) is 3.27. The average molecular weight is 248 g/mol. The summed E-state index contributed by atoms with van der Waals surface area (Å²) in [6, 6.07) is 6.05. The first-order valence-electron chi connectivity index (χ1n) is 6.77. The van der Waals surface area contributed by atoms with Gasteiger partial charge in [-0.2, -0.15) is 0 Å². The molecule has 2 aliphatic rings. The first-order valence-corrected chi connectivity index (χ1v) is 6.77. The van der Waals surface area contributed by atoms with E-state index >= 15 is 0 Å². The lowest BCUT2D eigenvalue weighted by Crippen LogP contribution is -2.36. The first-order chi connectivity index (χ1) is 8.74. The Balaban J connectivity index is 1.80. The molecule has 2 aliphatic heterocycles. The summed E-state index contributed by atoms with van der Waals surface area (Å²) in [5.74, 6) is 1.37. The highest BCUT2D eigenvalue weighted by Crippen LogP contribution is 2.39. The molecule has 1 aromatic rings. The third kappa shape index (κ3) is 2.25.